The van der Waals surface area contributed by atoms with Crippen LogP contribution in [0.2, 0.25) is 0 Å². The normalized spacial score (nSPS) is 18.8. The van der Waals surface area contributed by atoms with Gasteiger partial charge in [0.05, 0.1) is 6.54 Å². The van der Waals surface area contributed by atoms with Gasteiger partial charge in [-0.05, 0) is 35.8 Å². The van der Waals surface area contributed by atoms with Crippen molar-refractivity contribution in [2.75, 3.05) is 32.1 Å². The van der Waals surface area contributed by atoms with Gasteiger partial charge in [-0.15, -0.1) is 24.0 Å². The summed E-state index contributed by atoms with van der Waals surface area (Å²) in [5, 5.41) is 3.52. The first-order valence-corrected chi connectivity index (χ1v) is 8.48. The van der Waals surface area contributed by atoms with E-state index in [4.69, 9.17) is 4.99 Å². The second-order valence-electron chi connectivity index (χ2n) is 5.48. The third kappa shape index (κ3) is 6.91. The Morgan fingerprint density at radius 3 is 2.71 bits per heavy atom. The highest BCUT2D eigenvalue weighted by Crippen LogP contribution is 2.21. The van der Waals surface area contributed by atoms with Crippen LogP contribution in [0.25, 0.3) is 0 Å². The molecule has 1 saturated heterocycles. The molecule has 5 heteroatoms. The molecule has 1 heterocycles. The molecule has 0 aliphatic carbocycles. The molecule has 1 aliphatic rings. The van der Waals surface area contributed by atoms with Crippen LogP contribution in [0.4, 0.5) is 0 Å². The van der Waals surface area contributed by atoms with Crippen molar-refractivity contribution in [3.05, 3.63) is 35.9 Å². The minimum Gasteiger partial charge on any atom is -0.356 e. The number of guanidine groups is 1. The molecule has 0 aromatic heterocycles. The zero-order valence-electron chi connectivity index (χ0n) is 12.9. The van der Waals surface area contributed by atoms with Gasteiger partial charge in [-0.25, -0.2) is 4.99 Å². The highest BCUT2D eigenvalue weighted by molar-refractivity contribution is 14.0. The zero-order valence-corrected chi connectivity index (χ0v) is 16.1. The molecular formula is C16H26IN3S. The number of nitrogens with one attached hydrogen (secondary N) is 1. The van der Waals surface area contributed by atoms with Crippen molar-refractivity contribution in [3.8, 4) is 0 Å². The van der Waals surface area contributed by atoms with E-state index in [-0.39, 0.29) is 24.0 Å². The highest BCUT2D eigenvalue weighted by Gasteiger charge is 2.14. The number of thioether (sulfide) groups is 1. The molecule has 3 nitrogen and oxygen atoms in total. The van der Waals surface area contributed by atoms with Crippen molar-refractivity contribution in [1.29, 1.82) is 0 Å². The molecule has 0 spiro atoms. The lowest BCUT2D eigenvalue weighted by atomic mass is 10.1. The molecule has 0 saturated carbocycles. The number of hydrogen-bond acceptors (Lipinski definition) is 2. The maximum atomic E-state index is 4.70. The largest absolute Gasteiger partial charge is 0.356 e. The Morgan fingerprint density at radius 1 is 1.33 bits per heavy atom. The fourth-order valence-electron chi connectivity index (χ4n) is 2.31. The van der Waals surface area contributed by atoms with Crippen LogP contribution in [-0.2, 0) is 6.54 Å². The molecule has 1 fully saturated rings. The van der Waals surface area contributed by atoms with E-state index >= 15 is 0 Å². The van der Waals surface area contributed by atoms with Gasteiger partial charge < -0.3 is 10.2 Å². The highest BCUT2D eigenvalue weighted by atomic mass is 127. The SMILES string of the molecule is CN(C)C(=NCc1ccccc1)NCC1CCCSC1.I. The van der Waals surface area contributed by atoms with E-state index in [9.17, 15) is 0 Å². The van der Waals surface area contributed by atoms with Crippen molar-refractivity contribution in [2.24, 2.45) is 10.9 Å². The van der Waals surface area contributed by atoms with E-state index < -0.39 is 0 Å². The molecule has 1 aromatic rings. The monoisotopic (exact) mass is 419 g/mol. The van der Waals surface area contributed by atoms with Gasteiger partial charge in [-0.2, -0.15) is 11.8 Å². The molecule has 2 rings (SSSR count). The Morgan fingerprint density at radius 2 is 2.10 bits per heavy atom. The molecule has 0 radical (unpaired) electrons. The van der Waals surface area contributed by atoms with Crippen LogP contribution in [0, 0.1) is 5.92 Å². The number of hydrogen-bond donors (Lipinski definition) is 1. The average molecular weight is 419 g/mol. The number of benzene rings is 1. The van der Waals surface area contributed by atoms with E-state index in [0.29, 0.717) is 0 Å². The average Bonchev–Trinajstić information content (AvgIpc) is 2.49. The molecular weight excluding hydrogens is 393 g/mol. The van der Waals surface area contributed by atoms with E-state index in [2.05, 4.69) is 46.2 Å². The Kier molecular flexibility index (Phi) is 9.15. The number of rotatable bonds is 4. The van der Waals surface area contributed by atoms with Crippen LogP contribution in [0.3, 0.4) is 0 Å². The summed E-state index contributed by atoms with van der Waals surface area (Å²) in [6.45, 7) is 1.78. The standard InChI is InChI=1S/C16H25N3S.HI/c1-19(2)16(17-11-14-7-4-3-5-8-14)18-12-15-9-6-10-20-13-15;/h3-5,7-8,15H,6,9-13H2,1-2H3,(H,17,18);1H. The second-order valence-corrected chi connectivity index (χ2v) is 6.63. The van der Waals surface area contributed by atoms with E-state index in [1.165, 1.54) is 29.9 Å². The van der Waals surface area contributed by atoms with E-state index in [1.807, 2.05) is 20.2 Å². The lowest BCUT2D eigenvalue weighted by Crippen LogP contribution is -2.40. The molecule has 1 atom stereocenters. The van der Waals surface area contributed by atoms with Crippen LogP contribution < -0.4 is 5.32 Å². The maximum absolute atomic E-state index is 4.70. The summed E-state index contributed by atoms with van der Waals surface area (Å²) in [7, 11) is 4.10. The summed E-state index contributed by atoms with van der Waals surface area (Å²) >= 11 is 2.08. The van der Waals surface area contributed by atoms with Gasteiger partial charge in [0.25, 0.3) is 0 Å². The summed E-state index contributed by atoms with van der Waals surface area (Å²) in [4.78, 5) is 6.77. The van der Waals surface area contributed by atoms with Crippen molar-refractivity contribution in [1.82, 2.24) is 10.2 Å². The fraction of sp³-hybridized carbons (Fsp3) is 0.562. The predicted molar refractivity (Wildman–Crippen MR) is 105 cm³/mol. The number of nitrogens with zero attached hydrogens (tertiary/aromatic N) is 2. The summed E-state index contributed by atoms with van der Waals surface area (Å²) in [6.07, 6.45) is 2.70. The Labute approximate surface area is 150 Å². The molecule has 118 valence electrons. The molecule has 1 aliphatic heterocycles. The Bertz CT molecular complexity index is 417. The maximum Gasteiger partial charge on any atom is 0.193 e. The molecule has 21 heavy (non-hydrogen) atoms. The summed E-state index contributed by atoms with van der Waals surface area (Å²) in [5.41, 5.74) is 1.25. The lowest BCUT2D eigenvalue weighted by molar-refractivity contribution is 0.491. The third-order valence-electron chi connectivity index (χ3n) is 3.48. The number of aliphatic imine (C=N–C) groups is 1. The number of halogens is 1. The van der Waals surface area contributed by atoms with Gasteiger partial charge in [0.15, 0.2) is 5.96 Å². The van der Waals surface area contributed by atoms with Crippen molar-refractivity contribution in [2.45, 2.75) is 19.4 Å². The second kappa shape index (κ2) is 10.3. The van der Waals surface area contributed by atoms with Gasteiger partial charge in [0.1, 0.15) is 0 Å². The van der Waals surface area contributed by atoms with E-state index in [1.54, 1.807) is 0 Å². The summed E-state index contributed by atoms with van der Waals surface area (Å²) < 4.78 is 0. The smallest absolute Gasteiger partial charge is 0.193 e. The molecule has 1 aromatic carbocycles. The fourth-order valence-corrected chi connectivity index (χ4v) is 3.46. The van der Waals surface area contributed by atoms with Crippen LogP contribution >= 0.6 is 35.7 Å². The Balaban J connectivity index is 0.00000220. The summed E-state index contributed by atoms with van der Waals surface area (Å²) in [6, 6.07) is 10.4. The van der Waals surface area contributed by atoms with Gasteiger partial charge in [-0.1, -0.05) is 30.3 Å². The van der Waals surface area contributed by atoms with Crippen LogP contribution in [0.5, 0.6) is 0 Å². The first-order chi connectivity index (χ1) is 9.75. The quantitative estimate of drug-likeness (QED) is 0.460. The molecule has 0 amide bonds. The Hall–Kier alpha value is -0.430. The molecule has 1 N–H and O–H groups in total. The van der Waals surface area contributed by atoms with Crippen LogP contribution in [0.1, 0.15) is 18.4 Å². The van der Waals surface area contributed by atoms with Crippen molar-refractivity contribution < 1.29 is 0 Å². The van der Waals surface area contributed by atoms with Gasteiger partial charge in [-0.3, -0.25) is 0 Å². The van der Waals surface area contributed by atoms with Gasteiger partial charge in [0.2, 0.25) is 0 Å². The molecule has 0 bridgehead atoms. The van der Waals surface area contributed by atoms with E-state index in [0.717, 1.165) is 25.0 Å². The lowest BCUT2D eigenvalue weighted by Gasteiger charge is -2.24. The molecule has 1 unspecified atom stereocenters. The first-order valence-electron chi connectivity index (χ1n) is 7.33. The first kappa shape index (κ1) is 18.6. The summed E-state index contributed by atoms with van der Waals surface area (Å²) in [5.74, 6) is 4.39. The van der Waals surface area contributed by atoms with Crippen molar-refractivity contribution >= 4 is 41.7 Å². The minimum atomic E-state index is 0. The van der Waals surface area contributed by atoms with Crippen molar-refractivity contribution in [3.63, 3.8) is 0 Å². The topological polar surface area (TPSA) is 27.6 Å². The van der Waals surface area contributed by atoms with Gasteiger partial charge in [0, 0.05) is 20.6 Å². The predicted octanol–water partition coefficient (Wildman–Crippen LogP) is 3.46. The zero-order chi connectivity index (χ0) is 14.2. The third-order valence-corrected chi connectivity index (χ3v) is 4.77. The minimum absolute atomic E-state index is 0. The van der Waals surface area contributed by atoms with Crippen LogP contribution in [0.15, 0.2) is 35.3 Å². The van der Waals surface area contributed by atoms with Crippen LogP contribution in [-0.4, -0.2) is 43.0 Å². The van der Waals surface area contributed by atoms with Gasteiger partial charge >= 0.3 is 0 Å².